The molecule has 0 saturated heterocycles. The number of amides is 1. The third-order valence-corrected chi connectivity index (χ3v) is 5.31. The molecule has 0 saturated carbocycles. The predicted octanol–water partition coefficient (Wildman–Crippen LogP) is 5.31. The van der Waals surface area contributed by atoms with Gasteiger partial charge in [0.15, 0.2) is 11.3 Å². The van der Waals surface area contributed by atoms with E-state index in [1.807, 2.05) is 6.92 Å². The monoisotopic (exact) mass is 478 g/mol. The van der Waals surface area contributed by atoms with Crippen molar-refractivity contribution in [1.29, 1.82) is 0 Å². The minimum Gasteiger partial charge on any atom is -0.493 e. The standard InChI is InChI=1S/C24H25F3N2O5/c1-3-5-17-19(12-11-18-21(17)34-28-22(18)24(25,26)27)33-13-4-6-20(30)29(2)14-15-7-9-16(10-8-15)23(31)32/h7-12H,3-6,13-14H2,1-2H3,(H,31,32). The lowest BCUT2D eigenvalue weighted by atomic mass is 10.0. The van der Waals surface area contributed by atoms with Crippen LogP contribution >= 0.6 is 0 Å². The Labute approximate surface area is 194 Å². The Bertz CT molecular complexity index is 1160. The molecule has 1 N–H and O–H groups in total. The minimum absolute atomic E-state index is 0.0661. The third-order valence-electron chi connectivity index (χ3n) is 5.31. The lowest BCUT2D eigenvalue weighted by Gasteiger charge is -2.18. The summed E-state index contributed by atoms with van der Waals surface area (Å²) in [4.78, 5) is 24.9. The number of carboxylic acids is 1. The number of halogens is 3. The summed E-state index contributed by atoms with van der Waals surface area (Å²) in [6, 6.07) is 9.07. The number of fused-ring (bicyclic) bond motifs is 1. The van der Waals surface area contributed by atoms with Gasteiger partial charge in [0.2, 0.25) is 5.91 Å². The quantitative estimate of drug-likeness (QED) is 0.397. The van der Waals surface area contributed by atoms with Crippen LogP contribution in [-0.4, -0.2) is 40.7 Å². The van der Waals surface area contributed by atoms with Crippen LogP contribution in [0, 0.1) is 0 Å². The van der Waals surface area contributed by atoms with Crippen molar-refractivity contribution in [1.82, 2.24) is 10.1 Å². The molecule has 3 aromatic rings. The number of rotatable bonds is 10. The SMILES string of the molecule is CCCc1c(OCCCC(=O)N(C)Cc2ccc(C(=O)O)cc2)ccc2c(C(F)(F)F)noc12. The maximum Gasteiger partial charge on any atom is 0.437 e. The smallest absolute Gasteiger partial charge is 0.437 e. The van der Waals surface area contributed by atoms with E-state index in [9.17, 15) is 22.8 Å². The molecular weight excluding hydrogens is 453 g/mol. The van der Waals surface area contributed by atoms with E-state index in [1.54, 1.807) is 19.2 Å². The molecule has 1 amide bonds. The van der Waals surface area contributed by atoms with Crippen molar-refractivity contribution in [2.24, 2.45) is 0 Å². The van der Waals surface area contributed by atoms with E-state index in [0.29, 0.717) is 37.1 Å². The summed E-state index contributed by atoms with van der Waals surface area (Å²) in [6.07, 6.45) is -2.85. The third kappa shape index (κ3) is 5.86. The maximum atomic E-state index is 13.1. The van der Waals surface area contributed by atoms with Crippen molar-refractivity contribution in [3.05, 3.63) is 58.8 Å². The molecule has 34 heavy (non-hydrogen) atoms. The maximum absolute atomic E-state index is 13.1. The first-order valence-corrected chi connectivity index (χ1v) is 10.8. The molecule has 0 aliphatic rings. The minimum atomic E-state index is -4.61. The fourth-order valence-corrected chi connectivity index (χ4v) is 3.58. The highest BCUT2D eigenvalue weighted by atomic mass is 19.4. The Morgan fingerprint density at radius 1 is 1.15 bits per heavy atom. The van der Waals surface area contributed by atoms with E-state index >= 15 is 0 Å². The molecule has 10 heteroatoms. The van der Waals surface area contributed by atoms with Gasteiger partial charge in [0.05, 0.1) is 17.6 Å². The number of aryl methyl sites for hydroxylation is 1. The number of nitrogens with zero attached hydrogens (tertiary/aromatic N) is 2. The van der Waals surface area contributed by atoms with Crippen LogP contribution in [0.15, 0.2) is 40.9 Å². The molecule has 0 unspecified atom stereocenters. The van der Waals surface area contributed by atoms with Gasteiger partial charge >= 0.3 is 12.1 Å². The number of hydrogen-bond donors (Lipinski definition) is 1. The molecular formula is C24H25F3N2O5. The molecule has 182 valence electrons. The second kappa shape index (κ2) is 10.6. The molecule has 7 nitrogen and oxygen atoms in total. The van der Waals surface area contributed by atoms with Crippen LogP contribution in [0.25, 0.3) is 11.0 Å². The average molecular weight is 478 g/mol. The fourth-order valence-electron chi connectivity index (χ4n) is 3.58. The van der Waals surface area contributed by atoms with Gasteiger partial charge in [-0.1, -0.05) is 30.6 Å². The highest BCUT2D eigenvalue weighted by molar-refractivity contribution is 5.87. The number of carbonyl (C=O) groups excluding carboxylic acids is 1. The molecule has 2 aromatic carbocycles. The van der Waals surface area contributed by atoms with Crippen molar-refractivity contribution in [3.8, 4) is 5.75 Å². The molecule has 0 atom stereocenters. The number of aromatic nitrogens is 1. The number of aromatic carboxylic acids is 1. The highest BCUT2D eigenvalue weighted by Crippen LogP contribution is 2.38. The molecule has 3 rings (SSSR count). The summed E-state index contributed by atoms with van der Waals surface area (Å²) in [5, 5.41) is 12.1. The zero-order valence-electron chi connectivity index (χ0n) is 18.8. The highest BCUT2D eigenvalue weighted by Gasteiger charge is 2.37. The molecule has 1 heterocycles. The van der Waals surface area contributed by atoms with E-state index in [1.165, 1.54) is 29.2 Å². The summed E-state index contributed by atoms with van der Waals surface area (Å²) in [7, 11) is 1.66. The van der Waals surface area contributed by atoms with Gasteiger partial charge in [-0.3, -0.25) is 4.79 Å². The van der Waals surface area contributed by atoms with Crippen LogP contribution in [0.5, 0.6) is 5.75 Å². The lowest BCUT2D eigenvalue weighted by molar-refractivity contribution is -0.141. The Morgan fingerprint density at radius 3 is 2.47 bits per heavy atom. The Hall–Kier alpha value is -3.56. The zero-order valence-corrected chi connectivity index (χ0v) is 18.8. The average Bonchev–Trinajstić information content (AvgIpc) is 3.23. The molecule has 0 aliphatic carbocycles. The van der Waals surface area contributed by atoms with Crippen LogP contribution in [0.1, 0.15) is 53.4 Å². The molecule has 0 fully saturated rings. The summed E-state index contributed by atoms with van der Waals surface area (Å²) in [6.45, 7) is 2.44. The van der Waals surface area contributed by atoms with Crippen molar-refractivity contribution < 1.29 is 37.1 Å². The fraction of sp³-hybridized carbons (Fsp3) is 0.375. The van der Waals surface area contributed by atoms with Crippen molar-refractivity contribution in [2.75, 3.05) is 13.7 Å². The topological polar surface area (TPSA) is 92.9 Å². The Balaban J connectivity index is 1.57. The lowest BCUT2D eigenvalue weighted by Crippen LogP contribution is -2.26. The molecule has 0 bridgehead atoms. The second-order valence-corrected chi connectivity index (χ2v) is 7.90. The first-order chi connectivity index (χ1) is 16.1. The number of carboxylic acid groups (broad SMARTS) is 1. The second-order valence-electron chi connectivity index (χ2n) is 7.90. The Morgan fingerprint density at radius 2 is 1.85 bits per heavy atom. The van der Waals surface area contributed by atoms with Gasteiger partial charge in [0.1, 0.15) is 5.75 Å². The number of ether oxygens (including phenoxy) is 1. The molecule has 0 spiro atoms. The number of benzene rings is 2. The Kier molecular flexibility index (Phi) is 7.80. The van der Waals surface area contributed by atoms with Crippen LogP contribution in [0.2, 0.25) is 0 Å². The van der Waals surface area contributed by atoms with Crippen molar-refractivity contribution >= 4 is 22.8 Å². The van der Waals surface area contributed by atoms with Crippen LogP contribution < -0.4 is 4.74 Å². The summed E-state index contributed by atoms with van der Waals surface area (Å²) in [5.74, 6) is -0.708. The first kappa shape index (κ1) is 25.1. The van der Waals surface area contributed by atoms with Crippen LogP contribution in [-0.2, 0) is 23.9 Å². The first-order valence-electron chi connectivity index (χ1n) is 10.8. The molecule has 0 aliphatic heterocycles. The van der Waals surface area contributed by atoms with Gasteiger partial charge in [0.25, 0.3) is 0 Å². The largest absolute Gasteiger partial charge is 0.493 e. The summed E-state index contributed by atoms with van der Waals surface area (Å²) >= 11 is 0. The van der Waals surface area contributed by atoms with Crippen molar-refractivity contribution in [2.45, 2.75) is 45.3 Å². The van der Waals surface area contributed by atoms with Crippen LogP contribution in [0.3, 0.4) is 0 Å². The number of carbonyl (C=O) groups is 2. The number of hydrogen-bond acceptors (Lipinski definition) is 5. The van der Waals surface area contributed by atoms with E-state index < -0.39 is 17.8 Å². The van der Waals surface area contributed by atoms with Gasteiger partial charge in [-0.05, 0) is 42.7 Å². The van der Waals surface area contributed by atoms with E-state index in [2.05, 4.69) is 5.16 Å². The predicted molar refractivity (Wildman–Crippen MR) is 118 cm³/mol. The van der Waals surface area contributed by atoms with E-state index in [4.69, 9.17) is 14.4 Å². The molecule has 1 aromatic heterocycles. The normalized spacial score (nSPS) is 11.6. The number of alkyl halides is 3. The summed E-state index contributed by atoms with van der Waals surface area (Å²) < 4.78 is 50.2. The van der Waals surface area contributed by atoms with Gasteiger partial charge in [-0.2, -0.15) is 13.2 Å². The van der Waals surface area contributed by atoms with E-state index in [-0.39, 0.29) is 35.5 Å². The zero-order chi connectivity index (χ0) is 24.9. The van der Waals surface area contributed by atoms with Gasteiger partial charge in [-0.25, -0.2) is 4.79 Å². The van der Waals surface area contributed by atoms with Crippen LogP contribution in [0.4, 0.5) is 13.2 Å². The van der Waals surface area contributed by atoms with Gasteiger partial charge in [-0.15, -0.1) is 0 Å². The molecule has 0 radical (unpaired) electrons. The van der Waals surface area contributed by atoms with E-state index in [0.717, 1.165) is 5.56 Å². The van der Waals surface area contributed by atoms with Gasteiger partial charge in [0, 0.05) is 25.6 Å². The van der Waals surface area contributed by atoms with Gasteiger partial charge < -0.3 is 19.3 Å². The summed E-state index contributed by atoms with van der Waals surface area (Å²) in [5.41, 5.74) is 0.514. The van der Waals surface area contributed by atoms with Crippen molar-refractivity contribution in [3.63, 3.8) is 0 Å².